The zero-order valence-electron chi connectivity index (χ0n) is 10.8. The molecule has 1 aromatic rings. The van der Waals surface area contributed by atoms with Gasteiger partial charge in [-0.1, -0.05) is 6.07 Å². The second kappa shape index (κ2) is 5.47. The van der Waals surface area contributed by atoms with Crippen molar-refractivity contribution >= 4 is 15.9 Å². The molecule has 1 aliphatic rings. The van der Waals surface area contributed by atoms with Crippen molar-refractivity contribution in [3.05, 3.63) is 30.1 Å². The van der Waals surface area contributed by atoms with E-state index in [-0.39, 0.29) is 18.0 Å². The number of halogens is 1. The number of amides is 1. The molecule has 1 saturated heterocycles. The van der Waals surface area contributed by atoms with Crippen molar-refractivity contribution in [1.29, 1.82) is 0 Å². The molecule has 2 rings (SSSR count). The van der Waals surface area contributed by atoms with Crippen LogP contribution in [-0.4, -0.2) is 43.9 Å². The molecule has 1 aliphatic heterocycles. The molecule has 1 aromatic carbocycles. The molecule has 1 amide bonds. The number of ether oxygens (including phenoxy) is 1. The highest BCUT2D eigenvalue weighted by Crippen LogP contribution is 2.23. The lowest BCUT2D eigenvalue weighted by atomic mass is 10.1. The molecule has 0 aliphatic carbocycles. The Bertz CT molecular complexity index is 620. The maximum absolute atomic E-state index is 13.2. The number of morpholine rings is 1. The van der Waals surface area contributed by atoms with Crippen molar-refractivity contribution in [2.45, 2.75) is 24.0 Å². The highest BCUT2D eigenvalue weighted by Gasteiger charge is 2.41. The third kappa shape index (κ3) is 2.67. The van der Waals surface area contributed by atoms with Crippen molar-refractivity contribution < 1.29 is 22.3 Å². The van der Waals surface area contributed by atoms with E-state index in [0.29, 0.717) is 0 Å². The fourth-order valence-electron chi connectivity index (χ4n) is 2.20. The van der Waals surface area contributed by atoms with Crippen LogP contribution < -0.4 is 5.73 Å². The van der Waals surface area contributed by atoms with Crippen LogP contribution in [0.25, 0.3) is 0 Å². The number of carbonyl (C=O) groups is 1. The van der Waals surface area contributed by atoms with Gasteiger partial charge in [-0.2, -0.15) is 4.31 Å². The number of nitrogens with two attached hydrogens (primary N) is 1. The number of rotatable bonds is 3. The Morgan fingerprint density at radius 2 is 2.20 bits per heavy atom. The lowest BCUT2D eigenvalue weighted by Crippen LogP contribution is -2.58. The largest absolute Gasteiger partial charge is 0.375 e. The van der Waals surface area contributed by atoms with Gasteiger partial charge in [0.05, 0.1) is 17.6 Å². The molecule has 1 fully saturated rings. The first-order valence-electron chi connectivity index (χ1n) is 6.02. The Morgan fingerprint density at radius 1 is 1.50 bits per heavy atom. The van der Waals surface area contributed by atoms with Crippen LogP contribution in [0.5, 0.6) is 0 Å². The number of benzene rings is 1. The highest BCUT2D eigenvalue weighted by molar-refractivity contribution is 7.89. The Morgan fingerprint density at radius 3 is 2.80 bits per heavy atom. The van der Waals surface area contributed by atoms with Crippen LogP contribution >= 0.6 is 0 Å². The normalized spacial score (nSPS) is 24.5. The summed E-state index contributed by atoms with van der Waals surface area (Å²) in [5.74, 6) is -1.46. The van der Waals surface area contributed by atoms with Crippen molar-refractivity contribution in [2.75, 3.05) is 13.2 Å². The van der Waals surface area contributed by atoms with Gasteiger partial charge in [0.15, 0.2) is 0 Å². The summed E-state index contributed by atoms with van der Waals surface area (Å²) in [5, 5.41) is 0. The highest BCUT2D eigenvalue weighted by atomic mass is 32.2. The van der Waals surface area contributed by atoms with Crippen LogP contribution in [0.3, 0.4) is 0 Å². The Kier molecular flexibility index (Phi) is 4.07. The van der Waals surface area contributed by atoms with Gasteiger partial charge < -0.3 is 10.5 Å². The summed E-state index contributed by atoms with van der Waals surface area (Å²) in [6.45, 7) is 1.72. The second-order valence-corrected chi connectivity index (χ2v) is 6.39. The van der Waals surface area contributed by atoms with Crippen LogP contribution in [0.4, 0.5) is 4.39 Å². The first-order chi connectivity index (χ1) is 9.34. The molecule has 0 spiro atoms. The standard InChI is InChI=1S/C12H15FN2O4S/c1-8-11(12(14)16)15(5-6-19-8)20(17,18)10-4-2-3-9(13)7-10/h2-4,7-8,11H,5-6H2,1H3,(H2,14,16)/t8-,11+/m1/s1. The molecule has 6 nitrogen and oxygen atoms in total. The third-order valence-corrected chi connectivity index (χ3v) is 5.02. The molecule has 1 heterocycles. The average Bonchev–Trinajstić information content (AvgIpc) is 2.38. The van der Waals surface area contributed by atoms with E-state index in [0.717, 1.165) is 16.4 Å². The summed E-state index contributed by atoms with van der Waals surface area (Å²) in [6.07, 6.45) is -0.649. The lowest BCUT2D eigenvalue weighted by Gasteiger charge is -2.36. The van der Waals surface area contributed by atoms with Gasteiger partial charge in [-0.05, 0) is 25.1 Å². The van der Waals surface area contributed by atoms with Crippen molar-refractivity contribution in [3.63, 3.8) is 0 Å². The van der Waals surface area contributed by atoms with E-state index in [1.807, 2.05) is 0 Å². The lowest BCUT2D eigenvalue weighted by molar-refractivity contribution is -0.130. The van der Waals surface area contributed by atoms with Gasteiger partial charge in [-0.15, -0.1) is 0 Å². The smallest absolute Gasteiger partial charge is 0.244 e. The summed E-state index contributed by atoms with van der Waals surface area (Å²) in [6, 6.07) is 3.53. The monoisotopic (exact) mass is 302 g/mol. The van der Waals surface area contributed by atoms with Crippen LogP contribution in [0.15, 0.2) is 29.2 Å². The van der Waals surface area contributed by atoms with Gasteiger partial charge in [0, 0.05) is 6.54 Å². The molecule has 0 bridgehead atoms. The minimum atomic E-state index is -4.00. The number of nitrogens with zero attached hydrogens (tertiary/aromatic N) is 1. The Hall–Kier alpha value is -1.51. The number of hydrogen-bond acceptors (Lipinski definition) is 4. The molecular formula is C12H15FN2O4S. The summed E-state index contributed by atoms with van der Waals surface area (Å²) in [5.41, 5.74) is 5.25. The minimum Gasteiger partial charge on any atom is -0.375 e. The van der Waals surface area contributed by atoms with Gasteiger partial charge >= 0.3 is 0 Å². The predicted molar refractivity (Wildman–Crippen MR) is 68.7 cm³/mol. The topological polar surface area (TPSA) is 89.7 Å². The predicted octanol–water partition coefficient (Wildman–Crippen LogP) is 0.0890. The number of sulfonamides is 1. The SMILES string of the molecule is C[C@H]1OCCN(S(=O)(=O)c2cccc(F)c2)[C@@H]1C(N)=O. The molecular weight excluding hydrogens is 287 g/mol. The molecule has 2 atom stereocenters. The molecule has 0 aromatic heterocycles. The van der Waals surface area contributed by atoms with Crippen LogP contribution in [0.2, 0.25) is 0 Å². The van der Waals surface area contributed by atoms with Crippen molar-refractivity contribution in [1.82, 2.24) is 4.31 Å². The zero-order valence-corrected chi connectivity index (χ0v) is 11.6. The summed E-state index contributed by atoms with van der Waals surface area (Å²) in [7, 11) is -4.00. The fraction of sp³-hybridized carbons (Fsp3) is 0.417. The minimum absolute atomic E-state index is 0.00318. The Balaban J connectivity index is 2.44. The van der Waals surface area contributed by atoms with Crippen molar-refractivity contribution in [3.8, 4) is 0 Å². The van der Waals surface area contributed by atoms with E-state index in [4.69, 9.17) is 10.5 Å². The van der Waals surface area contributed by atoms with Gasteiger partial charge in [0.1, 0.15) is 11.9 Å². The zero-order chi connectivity index (χ0) is 14.9. The van der Waals surface area contributed by atoms with E-state index in [1.165, 1.54) is 12.1 Å². The van der Waals surface area contributed by atoms with E-state index in [2.05, 4.69) is 0 Å². The summed E-state index contributed by atoms with van der Waals surface area (Å²) >= 11 is 0. The molecule has 0 radical (unpaired) electrons. The molecule has 0 unspecified atom stereocenters. The summed E-state index contributed by atoms with van der Waals surface area (Å²) < 4.78 is 44.4. The fourth-order valence-corrected chi connectivity index (χ4v) is 3.87. The molecule has 20 heavy (non-hydrogen) atoms. The first kappa shape index (κ1) is 14.9. The molecule has 2 N–H and O–H groups in total. The third-order valence-electron chi connectivity index (χ3n) is 3.14. The van der Waals surface area contributed by atoms with E-state index in [1.54, 1.807) is 6.92 Å². The molecule has 0 saturated carbocycles. The maximum Gasteiger partial charge on any atom is 0.244 e. The average molecular weight is 302 g/mol. The van der Waals surface area contributed by atoms with E-state index < -0.39 is 33.9 Å². The maximum atomic E-state index is 13.2. The second-order valence-electron chi connectivity index (χ2n) is 4.50. The van der Waals surface area contributed by atoms with E-state index in [9.17, 15) is 17.6 Å². The van der Waals surface area contributed by atoms with Crippen LogP contribution in [0, 0.1) is 5.82 Å². The van der Waals surface area contributed by atoms with Gasteiger partial charge in [-0.3, -0.25) is 4.79 Å². The number of hydrogen-bond donors (Lipinski definition) is 1. The quantitative estimate of drug-likeness (QED) is 0.857. The molecule has 8 heteroatoms. The van der Waals surface area contributed by atoms with E-state index >= 15 is 0 Å². The van der Waals surface area contributed by atoms with Gasteiger partial charge in [0.2, 0.25) is 15.9 Å². The van der Waals surface area contributed by atoms with Crippen LogP contribution in [0.1, 0.15) is 6.92 Å². The number of primary amides is 1. The van der Waals surface area contributed by atoms with Crippen molar-refractivity contribution in [2.24, 2.45) is 5.73 Å². The number of carbonyl (C=O) groups excluding carboxylic acids is 1. The van der Waals surface area contributed by atoms with Crippen LogP contribution in [-0.2, 0) is 19.6 Å². The van der Waals surface area contributed by atoms with Gasteiger partial charge in [0.25, 0.3) is 0 Å². The Labute approximate surface area is 116 Å². The summed E-state index contributed by atoms with van der Waals surface area (Å²) in [4.78, 5) is 11.3. The molecule has 110 valence electrons. The first-order valence-corrected chi connectivity index (χ1v) is 7.46. The van der Waals surface area contributed by atoms with Gasteiger partial charge in [-0.25, -0.2) is 12.8 Å².